The fourth-order valence-electron chi connectivity index (χ4n) is 2.34. The zero-order valence-corrected chi connectivity index (χ0v) is 20.5. The lowest BCUT2D eigenvalue weighted by Gasteiger charge is -2.18. The average Bonchev–Trinajstić information content (AvgIpc) is 2.69. The molecule has 2 rings (SSSR count). The van der Waals surface area contributed by atoms with Crippen molar-refractivity contribution in [2.24, 2.45) is 0 Å². The second-order valence-electron chi connectivity index (χ2n) is 5.44. The fraction of sp³-hybridized carbons (Fsp3) is 0.353. The van der Waals surface area contributed by atoms with E-state index in [9.17, 15) is 0 Å². The molecule has 0 atom stereocenters. The number of hydrogen-bond donors (Lipinski definition) is 0. The van der Waals surface area contributed by atoms with Gasteiger partial charge in [-0.3, -0.25) is 0 Å². The molecule has 1 aromatic carbocycles. The maximum atomic E-state index is 5.93. The van der Waals surface area contributed by atoms with Crippen LogP contribution in [0.15, 0.2) is 18.2 Å². The molecule has 2 aromatic rings. The molecule has 0 unspecified atom stereocenters. The van der Waals surface area contributed by atoms with Crippen LogP contribution in [0.5, 0.6) is 11.5 Å². The summed E-state index contributed by atoms with van der Waals surface area (Å²) >= 11 is 35.6. The van der Waals surface area contributed by atoms with Crippen LogP contribution in [0.1, 0.15) is 23.0 Å². The Balaban J connectivity index is 2.78. The summed E-state index contributed by atoms with van der Waals surface area (Å²) < 4.78 is 17.6. The SMILES string of the molecule is COC(=C(OC)c1nc(C(Cl)(Cl)Cl)nc(C(Cl)(Cl)Cl)n1)c1ccc(OC)c(OC)c1. The van der Waals surface area contributed by atoms with E-state index >= 15 is 0 Å². The van der Waals surface area contributed by atoms with Crippen LogP contribution in [-0.2, 0) is 17.1 Å². The predicted octanol–water partition coefficient (Wildman–Crippen LogP) is 5.66. The average molecular weight is 538 g/mol. The molecule has 1 aromatic heterocycles. The molecule has 0 aliphatic carbocycles. The number of aromatic nitrogens is 3. The van der Waals surface area contributed by atoms with Crippen LogP contribution < -0.4 is 9.47 Å². The van der Waals surface area contributed by atoms with E-state index in [1.165, 1.54) is 28.4 Å². The topological polar surface area (TPSA) is 75.6 Å². The van der Waals surface area contributed by atoms with Gasteiger partial charge < -0.3 is 18.9 Å². The second kappa shape index (κ2) is 10.0. The van der Waals surface area contributed by atoms with Crippen molar-refractivity contribution in [2.75, 3.05) is 28.4 Å². The van der Waals surface area contributed by atoms with Gasteiger partial charge in [-0.05, 0) is 18.2 Å². The molecule has 0 N–H and O–H groups in total. The summed E-state index contributed by atoms with van der Waals surface area (Å²) in [5, 5.41) is 0. The maximum Gasteiger partial charge on any atom is 0.250 e. The first-order valence-electron chi connectivity index (χ1n) is 7.91. The fourth-order valence-corrected chi connectivity index (χ4v) is 2.84. The summed E-state index contributed by atoms with van der Waals surface area (Å²) in [6, 6.07) is 5.07. The van der Waals surface area contributed by atoms with Crippen LogP contribution in [-0.4, -0.2) is 43.4 Å². The zero-order valence-electron chi connectivity index (χ0n) is 16.0. The van der Waals surface area contributed by atoms with Crippen LogP contribution in [0.4, 0.5) is 0 Å². The van der Waals surface area contributed by atoms with Gasteiger partial charge in [-0.2, -0.15) is 0 Å². The molecule has 0 aliphatic heterocycles. The first-order chi connectivity index (χ1) is 14.0. The molecule has 0 radical (unpaired) electrons. The summed E-state index contributed by atoms with van der Waals surface area (Å²) in [4.78, 5) is 12.2. The van der Waals surface area contributed by atoms with E-state index in [2.05, 4.69) is 15.0 Å². The second-order valence-corrected chi connectivity index (χ2v) is 10.0. The molecule has 13 heteroatoms. The van der Waals surface area contributed by atoms with Gasteiger partial charge in [-0.25, -0.2) is 15.0 Å². The molecule has 0 spiro atoms. The Bertz CT molecular complexity index is 912. The Morgan fingerprint density at radius 3 is 1.60 bits per heavy atom. The summed E-state index contributed by atoms with van der Waals surface area (Å²) in [5.41, 5.74) is 0.554. The minimum absolute atomic E-state index is 0.0677. The molecule has 0 fully saturated rings. The Morgan fingerprint density at radius 1 is 0.700 bits per heavy atom. The number of rotatable bonds is 6. The van der Waals surface area contributed by atoms with Crippen molar-refractivity contribution < 1.29 is 18.9 Å². The van der Waals surface area contributed by atoms with Gasteiger partial charge >= 0.3 is 0 Å². The highest BCUT2D eigenvalue weighted by molar-refractivity contribution is 6.67. The first kappa shape index (κ1) is 25.2. The van der Waals surface area contributed by atoms with E-state index in [1.807, 2.05) is 0 Å². The normalized spacial score (nSPS) is 12.9. The van der Waals surface area contributed by atoms with Gasteiger partial charge in [0.2, 0.25) is 19.2 Å². The van der Waals surface area contributed by atoms with Crippen molar-refractivity contribution in [3.63, 3.8) is 0 Å². The Labute approximate surface area is 203 Å². The molecule has 0 saturated heterocycles. The van der Waals surface area contributed by atoms with Crippen molar-refractivity contribution in [3.8, 4) is 11.5 Å². The predicted molar refractivity (Wildman–Crippen MR) is 119 cm³/mol. The van der Waals surface area contributed by atoms with Crippen molar-refractivity contribution in [2.45, 2.75) is 7.59 Å². The maximum absolute atomic E-state index is 5.93. The molecule has 164 valence electrons. The van der Waals surface area contributed by atoms with Gasteiger partial charge in [0.15, 0.2) is 28.9 Å². The summed E-state index contributed by atoms with van der Waals surface area (Å²) in [6.07, 6.45) is 0. The minimum atomic E-state index is -2.02. The third kappa shape index (κ3) is 5.78. The quantitative estimate of drug-likeness (QED) is 0.347. The van der Waals surface area contributed by atoms with Crippen LogP contribution >= 0.6 is 69.6 Å². The number of nitrogens with zero attached hydrogens (tertiary/aromatic N) is 3. The van der Waals surface area contributed by atoms with E-state index in [4.69, 9.17) is 88.6 Å². The Hall–Kier alpha value is -1.09. The number of ether oxygens (including phenoxy) is 4. The first-order valence-corrected chi connectivity index (χ1v) is 10.2. The largest absolute Gasteiger partial charge is 0.493 e. The molecule has 0 saturated carbocycles. The summed E-state index contributed by atoms with van der Waals surface area (Å²) in [5.74, 6) is 0.662. The van der Waals surface area contributed by atoms with Gasteiger partial charge in [0, 0.05) is 5.56 Å². The number of hydrogen-bond acceptors (Lipinski definition) is 7. The van der Waals surface area contributed by atoms with Crippen LogP contribution in [0.3, 0.4) is 0 Å². The van der Waals surface area contributed by atoms with Gasteiger partial charge in [0.1, 0.15) is 0 Å². The third-order valence-electron chi connectivity index (χ3n) is 3.61. The lowest BCUT2D eigenvalue weighted by atomic mass is 10.1. The summed E-state index contributed by atoms with van der Waals surface area (Å²) in [7, 11) is 5.83. The number of benzene rings is 1. The molecule has 0 aliphatic rings. The standard InChI is InChI=1S/C17H15Cl6N3O4/c1-27-9-6-5-8(7-10(9)28-2)11(29-3)12(30-4)13-24-14(16(18,19)20)26-15(25-13)17(21,22)23/h5-7H,1-4H3. The smallest absolute Gasteiger partial charge is 0.250 e. The van der Waals surface area contributed by atoms with Gasteiger partial charge in [-0.15, -0.1) is 0 Å². The van der Waals surface area contributed by atoms with E-state index in [1.54, 1.807) is 18.2 Å². The van der Waals surface area contributed by atoms with Crippen molar-refractivity contribution >= 4 is 81.1 Å². The monoisotopic (exact) mass is 535 g/mol. The molecular weight excluding hydrogens is 523 g/mol. The molecular formula is C17H15Cl6N3O4. The molecule has 0 bridgehead atoms. The van der Waals surface area contributed by atoms with E-state index in [0.29, 0.717) is 17.1 Å². The number of alkyl halides is 6. The van der Waals surface area contributed by atoms with E-state index < -0.39 is 7.59 Å². The van der Waals surface area contributed by atoms with E-state index in [0.717, 1.165) is 0 Å². The Morgan fingerprint density at radius 2 is 1.20 bits per heavy atom. The van der Waals surface area contributed by atoms with E-state index in [-0.39, 0.29) is 29.0 Å². The van der Waals surface area contributed by atoms with Crippen molar-refractivity contribution in [3.05, 3.63) is 41.2 Å². The van der Waals surface area contributed by atoms with Gasteiger partial charge in [0.25, 0.3) is 0 Å². The molecule has 30 heavy (non-hydrogen) atoms. The molecule has 0 amide bonds. The zero-order chi connectivity index (χ0) is 22.7. The molecule has 7 nitrogen and oxygen atoms in total. The number of methoxy groups -OCH3 is 4. The number of halogens is 6. The lowest BCUT2D eigenvalue weighted by molar-refractivity contribution is 0.324. The van der Waals surface area contributed by atoms with Crippen LogP contribution in [0.2, 0.25) is 0 Å². The highest BCUT2D eigenvalue weighted by Crippen LogP contribution is 2.41. The minimum Gasteiger partial charge on any atom is -0.493 e. The van der Waals surface area contributed by atoms with Gasteiger partial charge in [-0.1, -0.05) is 69.6 Å². The molecule has 1 heterocycles. The van der Waals surface area contributed by atoms with Gasteiger partial charge in [0.05, 0.1) is 28.4 Å². The highest BCUT2D eigenvalue weighted by atomic mass is 35.6. The van der Waals surface area contributed by atoms with Crippen molar-refractivity contribution in [1.82, 2.24) is 15.0 Å². The lowest BCUT2D eigenvalue weighted by Crippen LogP contribution is -2.18. The highest BCUT2D eigenvalue weighted by Gasteiger charge is 2.35. The third-order valence-corrected chi connectivity index (χ3v) is 4.62. The van der Waals surface area contributed by atoms with Crippen LogP contribution in [0.25, 0.3) is 11.5 Å². The Kier molecular flexibility index (Phi) is 8.41. The summed E-state index contributed by atoms with van der Waals surface area (Å²) in [6.45, 7) is 0. The van der Waals surface area contributed by atoms with Crippen molar-refractivity contribution in [1.29, 1.82) is 0 Å². The van der Waals surface area contributed by atoms with Crippen LogP contribution in [0, 0.1) is 0 Å².